The minimum absolute atomic E-state index is 0.0505. The molecule has 1 aromatic carbocycles. The molecule has 0 spiro atoms. The van der Waals surface area contributed by atoms with Gasteiger partial charge in [-0.05, 0) is 54.2 Å². The molecule has 4 rings (SSSR count). The van der Waals surface area contributed by atoms with Crippen molar-refractivity contribution in [1.82, 2.24) is 4.98 Å². The van der Waals surface area contributed by atoms with Crippen LogP contribution >= 0.6 is 0 Å². The van der Waals surface area contributed by atoms with Crippen molar-refractivity contribution in [2.24, 2.45) is 21.1 Å². The Morgan fingerprint density at radius 3 is 1.63 bits per heavy atom. The van der Waals surface area contributed by atoms with Gasteiger partial charge in [0.1, 0.15) is 5.75 Å². The molecular weight excluding hydrogens is 378 g/mol. The summed E-state index contributed by atoms with van der Waals surface area (Å²) in [6, 6.07) is 7.83. The van der Waals surface area contributed by atoms with E-state index in [1.54, 1.807) is 7.11 Å². The normalized spacial score (nSPS) is 21.9. The molecule has 0 radical (unpaired) electrons. The molecule has 0 amide bonds. The largest absolute Gasteiger partial charge is 0.497 e. The van der Waals surface area contributed by atoms with Crippen LogP contribution in [0.4, 0.5) is 0 Å². The van der Waals surface area contributed by atoms with Gasteiger partial charge < -0.3 is 15.2 Å². The van der Waals surface area contributed by atoms with Gasteiger partial charge >= 0.3 is 0 Å². The first-order valence-corrected chi connectivity index (χ1v) is 10.3. The SMILES string of the molecule is COc1ccc(-c2c3c(nc4c2/C(=N/O)CC(C)(C)C4)CC(C)(C)C/C3=N\O)cc1. The van der Waals surface area contributed by atoms with Crippen LogP contribution in [0.1, 0.15) is 63.1 Å². The van der Waals surface area contributed by atoms with Gasteiger partial charge in [0.2, 0.25) is 0 Å². The van der Waals surface area contributed by atoms with Crippen molar-refractivity contribution in [3.63, 3.8) is 0 Å². The molecule has 0 bridgehead atoms. The summed E-state index contributed by atoms with van der Waals surface area (Å²) in [6.45, 7) is 8.67. The highest BCUT2D eigenvalue weighted by molar-refractivity contribution is 6.15. The average molecular weight is 408 g/mol. The number of hydrogen-bond donors (Lipinski definition) is 2. The molecule has 1 heterocycles. The van der Waals surface area contributed by atoms with E-state index in [0.717, 1.165) is 52.2 Å². The van der Waals surface area contributed by atoms with Crippen LogP contribution in [-0.4, -0.2) is 33.9 Å². The van der Waals surface area contributed by atoms with E-state index >= 15 is 0 Å². The molecule has 0 saturated carbocycles. The van der Waals surface area contributed by atoms with Crippen molar-refractivity contribution < 1.29 is 15.2 Å². The number of hydrogen-bond acceptors (Lipinski definition) is 6. The first kappa shape index (κ1) is 20.4. The van der Waals surface area contributed by atoms with Gasteiger partial charge in [-0.25, -0.2) is 0 Å². The summed E-state index contributed by atoms with van der Waals surface area (Å²) in [5, 5.41) is 27.2. The third-order valence-corrected chi connectivity index (χ3v) is 6.13. The predicted molar refractivity (Wildman–Crippen MR) is 117 cm³/mol. The highest BCUT2D eigenvalue weighted by Gasteiger charge is 2.39. The van der Waals surface area contributed by atoms with E-state index in [4.69, 9.17) is 9.72 Å². The highest BCUT2D eigenvalue weighted by atomic mass is 16.5. The number of oxime groups is 2. The third kappa shape index (κ3) is 3.44. The minimum atomic E-state index is -0.0505. The van der Waals surface area contributed by atoms with Crippen molar-refractivity contribution in [3.05, 3.63) is 46.8 Å². The van der Waals surface area contributed by atoms with Crippen LogP contribution in [0.5, 0.6) is 5.75 Å². The Labute approximate surface area is 177 Å². The van der Waals surface area contributed by atoms with Gasteiger partial charge in [-0.2, -0.15) is 0 Å². The molecule has 6 nitrogen and oxygen atoms in total. The number of benzene rings is 1. The van der Waals surface area contributed by atoms with Crippen LogP contribution in [0.15, 0.2) is 34.6 Å². The molecule has 2 N–H and O–H groups in total. The monoisotopic (exact) mass is 407 g/mol. The molecular formula is C24H29N3O3. The highest BCUT2D eigenvalue weighted by Crippen LogP contribution is 2.45. The summed E-state index contributed by atoms with van der Waals surface area (Å²) >= 11 is 0. The number of aromatic nitrogens is 1. The first-order valence-electron chi connectivity index (χ1n) is 10.3. The molecule has 2 aromatic rings. The number of pyridine rings is 1. The second-order valence-electron chi connectivity index (χ2n) is 9.99. The molecule has 6 heteroatoms. The second kappa shape index (κ2) is 7.11. The molecule has 0 saturated heterocycles. The molecule has 2 aliphatic rings. The molecule has 1 aromatic heterocycles. The number of fused-ring (bicyclic) bond motifs is 2. The number of methoxy groups -OCH3 is 1. The topological polar surface area (TPSA) is 87.3 Å². The number of ether oxygens (including phenoxy) is 1. The fourth-order valence-electron chi connectivity index (χ4n) is 4.90. The van der Waals surface area contributed by atoms with Crippen molar-refractivity contribution >= 4 is 11.4 Å². The molecule has 30 heavy (non-hydrogen) atoms. The van der Waals surface area contributed by atoms with Crippen LogP contribution < -0.4 is 4.74 Å². The fraction of sp³-hybridized carbons (Fsp3) is 0.458. The van der Waals surface area contributed by atoms with Gasteiger partial charge in [-0.15, -0.1) is 0 Å². The van der Waals surface area contributed by atoms with Crippen LogP contribution in [0.25, 0.3) is 11.1 Å². The van der Waals surface area contributed by atoms with Gasteiger partial charge in [-0.1, -0.05) is 50.1 Å². The standard InChI is InChI=1S/C24H29N3O3/c1-23(2)10-16-21(18(12-23)26-28)20(14-6-8-15(30-5)9-7-14)22-17(25-16)11-24(3,4)13-19(22)27-29/h6-9,28-29H,10-13H2,1-5H3/b26-18+,27-19+. The lowest BCUT2D eigenvalue weighted by molar-refractivity contribution is 0.303. The van der Waals surface area contributed by atoms with E-state index in [1.807, 2.05) is 24.3 Å². The maximum absolute atomic E-state index is 9.89. The van der Waals surface area contributed by atoms with Crippen LogP contribution in [-0.2, 0) is 12.8 Å². The summed E-state index contributed by atoms with van der Waals surface area (Å²) in [7, 11) is 1.64. The molecule has 0 atom stereocenters. The Kier molecular flexibility index (Phi) is 4.83. The van der Waals surface area contributed by atoms with E-state index in [9.17, 15) is 10.4 Å². The Balaban J connectivity index is 2.08. The number of rotatable bonds is 2. The van der Waals surface area contributed by atoms with Gasteiger partial charge in [-0.3, -0.25) is 4.98 Å². The quantitative estimate of drug-likeness (QED) is 0.538. The molecule has 158 valence electrons. The minimum Gasteiger partial charge on any atom is -0.497 e. The van der Waals surface area contributed by atoms with E-state index < -0.39 is 0 Å². The lowest BCUT2D eigenvalue weighted by Gasteiger charge is -2.37. The summed E-state index contributed by atoms with van der Waals surface area (Å²) in [5.41, 5.74) is 6.67. The van der Waals surface area contributed by atoms with Crippen molar-refractivity contribution in [2.75, 3.05) is 7.11 Å². The zero-order valence-electron chi connectivity index (χ0n) is 18.3. The maximum atomic E-state index is 9.89. The van der Waals surface area contributed by atoms with E-state index in [0.29, 0.717) is 24.3 Å². The maximum Gasteiger partial charge on any atom is 0.118 e. The summed E-state index contributed by atoms with van der Waals surface area (Å²) in [6.07, 6.45) is 2.89. The van der Waals surface area contributed by atoms with Crippen molar-refractivity contribution in [3.8, 4) is 16.9 Å². The molecule has 0 unspecified atom stereocenters. The summed E-state index contributed by atoms with van der Waals surface area (Å²) in [5.74, 6) is 0.768. The third-order valence-electron chi connectivity index (χ3n) is 6.13. The summed E-state index contributed by atoms with van der Waals surface area (Å²) in [4.78, 5) is 5.05. The van der Waals surface area contributed by atoms with E-state index in [1.165, 1.54) is 0 Å². The van der Waals surface area contributed by atoms with E-state index in [-0.39, 0.29) is 10.8 Å². The Morgan fingerprint density at radius 2 is 1.23 bits per heavy atom. The molecule has 0 fully saturated rings. The lowest BCUT2D eigenvalue weighted by atomic mass is 9.69. The molecule has 2 aliphatic carbocycles. The van der Waals surface area contributed by atoms with Gasteiger partial charge in [0.05, 0.1) is 29.9 Å². The first-order chi connectivity index (χ1) is 14.2. The van der Waals surface area contributed by atoms with E-state index in [2.05, 4.69) is 38.0 Å². The molecule has 0 aliphatic heterocycles. The van der Waals surface area contributed by atoms with Crippen LogP contribution in [0, 0.1) is 10.8 Å². The van der Waals surface area contributed by atoms with Crippen LogP contribution in [0.3, 0.4) is 0 Å². The average Bonchev–Trinajstić information content (AvgIpc) is 2.69. The lowest BCUT2D eigenvalue weighted by Crippen LogP contribution is -2.34. The second-order valence-corrected chi connectivity index (χ2v) is 9.99. The van der Waals surface area contributed by atoms with Crippen molar-refractivity contribution in [2.45, 2.75) is 53.4 Å². The Hall–Kier alpha value is -2.89. The fourth-order valence-corrected chi connectivity index (χ4v) is 4.90. The Bertz CT molecular complexity index is 992. The number of nitrogens with zero attached hydrogens (tertiary/aromatic N) is 3. The van der Waals surface area contributed by atoms with Crippen LogP contribution in [0.2, 0.25) is 0 Å². The smallest absolute Gasteiger partial charge is 0.118 e. The van der Waals surface area contributed by atoms with Crippen molar-refractivity contribution in [1.29, 1.82) is 0 Å². The zero-order chi connectivity index (χ0) is 21.7. The Morgan fingerprint density at radius 1 is 0.767 bits per heavy atom. The summed E-state index contributed by atoms with van der Waals surface area (Å²) < 4.78 is 5.33. The predicted octanol–water partition coefficient (Wildman–Crippen LogP) is 5.06. The van der Waals surface area contributed by atoms with Gasteiger partial charge in [0.15, 0.2) is 0 Å². The van der Waals surface area contributed by atoms with Gasteiger partial charge in [0, 0.05) is 16.7 Å². The zero-order valence-corrected chi connectivity index (χ0v) is 18.3. The van der Waals surface area contributed by atoms with Gasteiger partial charge in [0.25, 0.3) is 0 Å².